The molecule has 0 saturated heterocycles. The van der Waals surface area contributed by atoms with Gasteiger partial charge in [0.25, 0.3) is 5.91 Å². The molecule has 18 heavy (non-hydrogen) atoms. The van der Waals surface area contributed by atoms with Gasteiger partial charge in [-0.2, -0.15) is 0 Å². The van der Waals surface area contributed by atoms with Crippen LogP contribution in [0.3, 0.4) is 0 Å². The summed E-state index contributed by atoms with van der Waals surface area (Å²) in [5.74, 6) is -0.135. The third kappa shape index (κ3) is 2.64. The van der Waals surface area contributed by atoms with Crippen LogP contribution in [-0.2, 0) is 0 Å². The Balaban J connectivity index is 2.28. The van der Waals surface area contributed by atoms with Crippen molar-refractivity contribution >= 4 is 39.9 Å². The molecule has 2 rings (SSSR count). The lowest BCUT2D eigenvalue weighted by molar-refractivity contribution is 0.102. The lowest BCUT2D eigenvalue weighted by Gasteiger charge is -2.10. The van der Waals surface area contributed by atoms with Gasteiger partial charge in [-0.25, -0.2) is 0 Å². The van der Waals surface area contributed by atoms with E-state index in [0.717, 1.165) is 14.8 Å². The lowest BCUT2D eigenvalue weighted by Crippen LogP contribution is -2.14. The number of nitrogens with one attached hydrogen (secondary N) is 1. The van der Waals surface area contributed by atoms with Crippen molar-refractivity contribution in [2.24, 2.45) is 0 Å². The van der Waals surface area contributed by atoms with Gasteiger partial charge in [0.05, 0.1) is 5.69 Å². The van der Waals surface area contributed by atoms with Gasteiger partial charge in [0, 0.05) is 14.8 Å². The predicted octanol–water partition coefficient (Wildman–Crippen LogP) is 3.43. The van der Waals surface area contributed by atoms with Crippen molar-refractivity contribution in [1.82, 2.24) is 0 Å². The van der Waals surface area contributed by atoms with Crippen LogP contribution in [0.5, 0.6) is 0 Å². The van der Waals surface area contributed by atoms with Crippen LogP contribution in [0.15, 0.2) is 42.5 Å². The Labute approximate surface area is 120 Å². The maximum absolute atomic E-state index is 12.2. The number of hydrogen-bond acceptors (Lipinski definition) is 2. The van der Waals surface area contributed by atoms with E-state index < -0.39 is 0 Å². The van der Waals surface area contributed by atoms with E-state index in [1.54, 1.807) is 18.2 Å². The number of para-hydroxylation sites is 1. The number of carbonyl (C=O) groups excluding carboxylic acids is 1. The van der Waals surface area contributed by atoms with Crippen LogP contribution in [-0.4, -0.2) is 5.91 Å². The van der Waals surface area contributed by atoms with Crippen molar-refractivity contribution in [3.8, 4) is 0 Å². The van der Waals surface area contributed by atoms with Crippen LogP contribution >= 0.6 is 22.6 Å². The second kappa shape index (κ2) is 5.39. The minimum Gasteiger partial charge on any atom is -0.398 e. The number of anilines is 2. The Hall–Kier alpha value is -1.56. The number of rotatable bonds is 2. The molecule has 2 aromatic rings. The van der Waals surface area contributed by atoms with Crippen molar-refractivity contribution in [3.63, 3.8) is 0 Å². The van der Waals surface area contributed by atoms with E-state index >= 15 is 0 Å². The molecular formula is C14H13IN2O. The molecule has 0 fully saturated rings. The number of benzene rings is 2. The van der Waals surface area contributed by atoms with Gasteiger partial charge in [0.1, 0.15) is 0 Å². The molecule has 2 aromatic carbocycles. The molecule has 0 spiro atoms. The van der Waals surface area contributed by atoms with Crippen molar-refractivity contribution in [3.05, 3.63) is 57.2 Å². The van der Waals surface area contributed by atoms with Gasteiger partial charge in [0.15, 0.2) is 0 Å². The van der Waals surface area contributed by atoms with E-state index in [4.69, 9.17) is 5.73 Å². The Morgan fingerprint density at radius 2 is 1.89 bits per heavy atom. The second-order valence-electron chi connectivity index (χ2n) is 3.95. The van der Waals surface area contributed by atoms with Gasteiger partial charge in [-0.15, -0.1) is 0 Å². The summed E-state index contributed by atoms with van der Waals surface area (Å²) in [6.45, 7) is 1.85. The Bertz CT molecular complexity index is 596. The Morgan fingerprint density at radius 3 is 2.61 bits per heavy atom. The summed E-state index contributed by atoms with van der Waals surface area (Å²) in [4.78, 5) is 12.2. The maximum atomic E-state index is 12.2. The maximum Gasteiger partial charge on any atom is 0.256 e. The highest BCUT2D eigenvalue weighted by molar-refractivity contribution is 14.1. The minimum absolute atomic E-state index is 0.135. The molecule has 0 aliphatic heterocycles. The number of nitrogens with two attached hydrogens (primary N) is 1. The summed E-state index contributed by atoms with van der Waals surface area (Å²) in [6, 6.07) is 13.0. The molecule has 4 heteroatoms. The van der Waals surface area contributed by atoms with Gasteiger partial charge in [0.2, 0.25) is 0 Å². The van der Waals surface area contributed by atoms with Crippen LogP contribution < -0.4 is 11.1 Å². The van der Waals surface area contributed by atoms with Crippen molar-refractivity contribution in [1.29, 1.82) is 0 Å². The first-order valence-corrected chi connectivity index (χ1v) is 6.58. The first-order chi connectivity index (χ1) is 8.59. The fraction of sp³-hybridized carbons (Fsp3) is 0.0714. The number of hydrogen-bond donors (Lipinski definition) is 2. The zero-order valence-electron chi connectivity index (χ0n) is 9.91. The van der Waals surface area contributed by atoms with Crippen LogP contribution in [0.1, 0.15) is 15.9 Å². The van der Waals surface area contributed by atoms with Gasteiger partial charge in [-0.3, -0.25) is 4.79 Å². The summed E-state index contributed by atoms with van der Waals surface area (Å²) >= 11 is 2.19. The second-order valence-corrected chi connectivity index (χ2v) is 5.12. The number of amides is 1. The predicted molar refractivity (Wildman–Crippen MR) is 82.7 cm³/mol. The van der Waals surface area contributed by atoms with E-state index in [2.05, 4.69) is 27.9 Å². The Kier molecular flexibility index (Phi) is 3.86. The molecule has 0 unspecified atom stereocenters. The van der Waals surface area contributed by atoms with E-state index in [-0.39, 0.29) is 5.91 Å². The summed E-state index contributed by atoms with van der Waals surface area (Å²) in [5, 5.41) is 2.89. The highest BCUT2D eigenvalue weighted by atomic mass is 127. The van der Waals surface area contributed by atoms with E-state index in [1.807, 2.05) is 31.2 Å². The quantitative estimate of drug-likeness (QED) is 0.643. The molecule has 0 saturated carbocycles. The van der Waals surface area contributed by atoms with Crippen LogP contribution in [0, 0.1) is 10.5 Å². The molecule has 0 heterocycles. The molecule has 3 nitrogen and oxygen atoms in total. The average Bonchev–Trinajstić information content (AvgIpc) is 2.35. The van der Waals surface area contributed by atoms with Gasteiger partial charge >= 0.3 is 0 Å². The monoisotopic (exact) mass is 352 g/mol. The van der Waals surface area contributed by atoms with Crippen molar-refractivity contribution < 1.29 is 4.79 Å². The summed E-state index contributed by atoms with van der Waals surface area (Å²) in [5.41, 5.74) is 8.65. The lowest BCUT2D eigenvalue weighted by atomic mass is 10.1. The smallest absolute Gasteiger partial charge is 0.256 e. The largest absolute Gasteiger partial charge is 0.398 e. The molecule has 1 amide bonds. The van der Waals surface area contributed by atoms with E-state index in [0.29, 0.717) is 11.3 Å². The zero-order valence-corrected chi connectivity index (χ0v) is 12.1. The van der Waals surface area contributed by atoms with Crippen LogP contribution in [0.25, 0.3) is 0 Å². The third-order valence-electron chi connectivity index (χ3n) is 2.74. The van der Waals surface area contributed by atoms with Gasteiger partial charge in [-0.1, -0.05) is 18.2 Å². The van der Waals surface area contributed by atoms with Crippen LogP contribution in [0.4, 0.5) is 11.4 Å². The highest BCUT2D eigenvalue weighted by Crippen LogP contribution is 2.20. The fourth-order valence-electron chi connectivity index (χ4n) is 1.65. The van der Waals surface area contributed by atoms with Gasteiger partial charge in [-0.05, 0) is 59.3 Å². The SMILES string of the molecule is Cc1c(N)cccc1C(=O)Nc1ccccc1I. The van der Waals surface area contributed by atoms with E-state index in [9.17, 15) is 4.79 Å². The fourth-order valence-corrected chi connectivity index (χ4v) is 2.17. The molecule has 0 bridgehead atoms. The zero-order chi connectivity index (χ0) is 13.1. The highest BCUT2D eigenvalue weighted by Gasteiger charge is 2.11. The molecule has 0 aliphatic rings. The van der Waals surface area contributed by atoms with E-state index in [1.165, 1.54) is 0 Å². The van der Waals surface area contributed by atoms with Crippen molar-refractivity contribution in [2.45, 2.75) is 6.92 Å². The topological polar surface area (TPSA) is 55.1 Å². The van der Waals surface area contributed by atoms with Crippen molar-refractivity contribution in [2.75, 3.05) is 11.1 Å². The first-order valence-electron chi connectivity index (χ1n) is 5.50. The first kappa shape index (κ1) is 12.9. The molecule has 0 radical (unpaired) electrons. The van der Waals surface area contributed by atoms with Gasteiger partial charge < -0.3 is 11.1 Å². The molecule has 0 aromatic heterocycles. The normalized spacial score (nSPS) is 10.1. The summed E-state index contributed by atoms with van der Waals surface area (Å²) in [6.07, 6.45) is 0. The Morgan fingerprint density at radius 1 is 1.17 bits per heavy atom. The average molecular weight is 352 g/mol. The third-order valence-corrected chi connectivity index (χ3v) is 3.68. The van der Waals surface area contributed by atoms with Crippen LogP contribution in [0.2, 0.25) is 0 Å². The molecule has 3 N–H and O–H groups in total. The number of carbonyl (C=O) groups is 1. The molecule has 92 valence electrons. The summed E-state index contributed by atoms with van der Waals surface area (Å²) < 4.78 is 1.00. The number of nitrogen functional groups attached to an aromatic ring is 1. The standard InChI is InChI=1S/C14H13IN2O/c1-9-10(5-4-7-12(9)16)14(18)17-13-8-3-2-6-11(13)15/h2-8H,16H2,1H3,(H,17,18). The minimum atomic E-state index is -0.135. The molecular weight excluding hydrogens is 339 g/mol. The summed E-state index contributed by atoms with van der Waals surface area (Å²) in [7, 11) is 0. The molecule has 0 aliphatic carbocycles. The molecule has 0 atom stereocenters. The number of halogens is 1.